The van der Waals surface area contributed by atoms with Crippen LogP contribution in [0.25, 0.3) is 21.8 Å². The second-order valence-electron chi connectivity index (χ2n) is 11.6. The van der Waals surface area contributed by atoms with E-state index in [4.69, 9.17) is 35.3 Å². The third-order valence-electron chi connectivity index (χ3n) is 8.88. The largest absolute Gasteiger partial charge is 0.493 e. The number of hydrogen-bond acceptors (Lipinski definition) is 9. The Morgan fingerprint density at radius 3 is 2.20 bits per heavy atom. The standard InChI is InChI=1S/C32H33ClF3N5O8/c1-39-6-8-40(9-7-39)31(44)49-19-12-18-21(22-23(30(43)48-5)28(32(34,35)36)38-25(19)22)16(13-33)14-41(18)29(42)17-10-15-11-20(45-2)26(46-3)27(47-4)24(15)37-17/h10-12,16,37-38H,6-9,13-14H2,1-5H3/t16-/m1/s1. The summed E-state index contributed by atoms with van der Waals surface area (Å²) in [6.07, 6.45) is -5.82. The Bertz CT molecular complexity index is 1970. The average Bonchev–Trinajstić information content (AvgIpc) is 3.80. The summed E-state index contributed by atoms with van der Waals surface area (Å²) in [5, 5.41) is 0.350. The highest BCUT2D eigenvalue weighted by Crippen LogP contribution is 2.50. The zero-order valence-electron chi connectivity index (χ0n) is 27.2. The minimum atomic E-state index is -5.02. The van der Waals surface area contributed by atoms with Crippen molar-refractivity contribution >= 4 is 57.1 Å². The van der Waals surface area contributed by atoms with Gasteiger partial charge >= 0.3 is 18.2 Å². The summed E-state index contributed by atoms with van der Waals surface area (Å²) in [6.45, 7) is 1.72. The van der Waals surface area contributed by atoms with Crippen LogP contribution in [0.2, 0.25) is 0 Å². The van der Waals surface area contributed by atoms with Gasteiger partial charge in [0, 0.05) is 61.4 Å². The van der Waals surface area contributed by atoms with Crippen LogP contribution in [0.15, 0.2) is 18.2 Å². The maximum absolute atomic E-state index is 14.5. The fourth-order valence-electron chi connectivity index (χ4n) is 6.47. The number of rotatable bonds is 7. The SMILES string of the molecule is COC(=O)c1c(C(F)(F)F)[nH]c2c(OC(=O)N3CCN(C)CC3)cc3c(c12)[C@H](CCl)CN3C(=O)c1cc2cc(OC)c(OC)c(OC)c2[nH]1. The fraction of sp³-hybridized carbons (Fsp3) is 0.406. The number of aromatic amines is 2. The molecule has 6 rings (SSSR count). The molecule has 2 aliphatic heterocycles. The van der Waals surface area contributed by atoms with E-state index in [1.54, 1.807) is 12.1 Å². The zero-order valence-corrected chi connectivity index (χ0v) is 27.9. The summed E-state index contributed by atoms with van der Waals surface area (Å²) in [7, 11) is 7.19. The number of likely N-dealkylation sites (N-methyl/N-ethyl adjacent to an activating group) is 1. The predicted octanol–water partition coefficient (Wildman–Crippen LogP) is 5.21. The Morgan fingerprint density at radius 2 is 1.61 bits per heavy atom. The van der Waals surface area contributed by atoms with Gasteiger partial charge < -0.3 is 48.4 Å². The van der Waals surface area contributed by atoms with Gasteiger partial charge in [-0.05, 0) is 24.7 Å². The Balaban J connectivity index is 1.54. The lowest BCUT2D eigenvalue weighted by atomic mass is 9.95. The summed E-state index contributed by atoms with van der Waals surface area (Å²) in [4.78, 5) is 50.8. The predicted molar refractivity (Wildman–Crippen MR) is 173 cm³/mol. The molecule has 17 heteroatoms. The third-order valence-corrected chi connectivity index (χ3v) is 9.25. The van der Waals surface area contributed by atoms with Crippen LogP contribution in [0.3, 0.4) is 0 Å². The van der Waals surface area contributed by atoms with Crippen molar-refractivity contribution in [1.82, 2.24) is 19.8 Å². The molecule has 0 saturated carbocycles. The first-order valence-corrected chi connectivity index (χ1v) is 15.6. The Morgan fingerprint density at radius 1 is 0.918 bits per heavy atom. The molecule has 1 atom stereocenters. The number of ether oxygens (including phenoxy) is 5. The molecule has 49 heavy (non-hydrogen) atoms. The Labute approximate surface area is 282 Å². The van der Waals surface area contributed by atoms with Crippen molar-refractivity contribution in [2.45, 2.75) is 12.1 Å². The highest BCUT2D eigenvalue weighted by Gasteiger charge is 2.44. The van der Waals surface area contributed by atoms with E-state index in [1.165, 1.54) is 37.2 Å². The lowest BCUT2D eigenvalue weighted by Gasteiger charge is -2.31. The minimum Gasteiger partial charge on any atom is -0.493 e. The minimum absolute atomic E-state index is 0.0606. The van der Waals surface area contributed by atoms with E-state index in [2.05, 4.69) is 9.97 Å². The number of anilines is 1. The summed E-state index contributed by atoms with van der Waals surface area (Å²) >= 11 is 6.39. The number of piperazine rings is 1. The molecule has 0 unspecified atom stereocenters. The molecule has 1 fully saturated rings. The van der Waals surface area contributed by atoms with Gasteiger partial charge in [0.15, 0.2) is 17.2 Å². The van der Waals surface area contributed by atoms with Crippen LogP contribution < -0.4 is 23.8 Å². The van der Waals surface area contributed by atoms with E-state index in [9.17, 15) is 27.6 Å². The quantitative estimate of drug-likeness (QED) is 0.196. The molecule has 0 aliphatic carbocycles. The first-order chi connectivity index (χ1) is 23.4. The number of hydrogen-bond donors (Lipinski definition) is 2. The highest BCUT2D eigenvalue weighted by atomic mass is 35.5. The van der Waals surface area contributed by atoms with Gasteiger partial charge in [0.1, 0.15) is 11.4 Å². The molecule has 4 aromatic rings. The number of methoxy groups -OCH3 is 4. The van der Waals surface area contributed by atoms with Gasteiger partial charge in [0.2, 0.25) is 5.75 Å². The highest BCUT2D eigenvalue weighted by molar-refractivity contribution is 6.20. The fourth-order valence-corrected chi connectivity index (χ4v) is 6.72. The maximum Gasteiger partial charge on any atom is 0.432 e. The normalized spacial score (nSPS) is 16.6. The van der Waals surface area contributed by atoms with E-state index in [1.807, 2.05) is 11.9 Å². The number of amides is 2. The zero-order chi connectivity index (χ0) is 35.4. The number of carbonyl (C=O) groups is 3. The van der Waals surface area contributed by atoms with E-state index in [0.29, 0.717) is 48.6 Å². The molecule has 1 saturated heterocycles. The molecule has 2 N–H and O–H groups in total. The number of fused-ring (bicyclic) bond motifs is 4. The molecule has 0 bridgehead atoms. The number of nitrogens with one attached hydrogen (secondary N) is 2. The molecule has 0 spiro atoms. The molecule has 2 aliphatic rings. The van der Waals surface area contributed by atoms with Crippen LogP contribution in [0.5, 0.6) is 23.0 Å². The van der Waals surface area contributed by atoms with E-state index < -0.39 is 41.3 Å². The third kappa shape index (κ3) is 5.71. The number of H-pyrrole nitrogens is 2. The molecule has 2 aromatic carbocycles. The van der Waals surface area contributed by atoms with Crippen LogP contribution in [-0.4, -0.2) is 112 Å². The van der Waals surface area contributed by atoms with Gasteiger partial charge in [-0.2, -0.15) is 13.2 Å². The molecule has 13 nitrogen and oxygen atoms in total. The summed E-state index contributed by atoms with van der Waals surface area (Å²) in [6, 6.07) is 4.55. The molecular formula is C32H33ClF3N5O8. The first kappa shape index (κ1) is 34.0. The van der Waals surface area contributed by atoms with Crippen molar-refractivity contribution < 1.29 is 51.2 Å². The average molecular weight is 708 g/mol. The molecule has 2 amide bonds. The molecular weight excluding hydrogens is 675 g/mol. The number of aromatic nitrogens is 2. The smallest absolute Gasteiger partial charge is 0.432 e. The monoisotopic (exact) mass is 707 g/mol. The van der Waals surface area contributed by atoms with E-state index in [-0.39, 0.29) is 51.8 Å². The summed E-state index contributed by atoms with van der Waals surface area (Å²) in [5.74, 6) is -2.05. The molecule has 0 radical (unpaired) electrons. The van der Waals surface area contributed by atoms with Gasteiger partial charge in [-0.3, -0.25) is 4.79 Å². The van der Waals surface area contributed by atoms with Crippen molar-refractivity contribution in [2.24, 2.45) is 0 Å². The molecule has 2 aromatic heterocycles. The molecule has 4 heterocycles. The van der Waals surface area contributed by atoms with Crippen LogP contribution in [-0.2, 0) is 10.9 Å². The van der Waals surface area contributed by atoms with Crippen LogP contribution in [0.1, 0.15) is 38.0 Å². The topological polar surface area (TPSA) is 139 Å². The second-order valence-corrected chi connectivity index (χ2v) is 11.9. The number of esters is 1. The van der Waals surface area contributed by atoms with Gasteiger partial charge in [0.25, 0.3) is 5.91 Å². The Hall–Kier alpha value is -4.83. The lowest BCUT2D eigenvalue weighted by molar-refractivity contribution is -0.141. The van der Waals surface area contributed by atoms with E-state index >= 15 is 0 Å². The summed E-state index contributed by atoms with van der Waals surface area (Å²) in [5.41, 5.74) is -1.61. The van der Waals surface area contributed by atoms with Crippen molar-refractivity contribution in [3.8, 4) is 23.0 Å². The van der Waals surface area contributed by atoms with Crippen LogP contribution in [0, 0.1) is 0 Å². The van der Waals surface area contributed by atoms with Gasteiger partial charge in [-0.25, -0.2) is 9.59 Å². The van der Waals surface area contributed by atoms with E-state index in [0.717, 1.165) is 7.11 Å². The van der Waals surface area contributed by atoms with Crippen molar-refractivity contribution in [2.75, 3.05) is 79.0 Å². The van der Waals surface area contributed by atoms with Crippen LogP contribution in [0.4, 0.5) is 23.7 Å². The molecule has 262 valence electrons. The lowest BCUT2D eigenvalue weighted by Crippen LogP contribution is -2.48. The van der Waals surface area contributed by atoms with Crippen molar-refractivity contribution in [1.29, 1.82) is 0 Å². The number of halogens is 4. The summed E-state index contributed by atoms with van der Waals surface area (Å²) < 4.78 is 70.4. The number of nitrogens with zero attached hydrogens (tertiary/aromatic N) is 3. The number of alkyl halides is 4. The van der Waals surface area contributed by atoms with Gasteiger partial charge in [0.05, 0.1) is 50.7 Å². The van der Waals surface area contributed by atoms with Crippen molar-refractivity contribution in [3.05, 3.63) is 40.7 Å². The Kier molecular flexibility index (Phi) is 8.96. The van der Waals surface area contributed by atoms with Gasteiger partial charge in [-0.15, -0.1) is 11.6 Å². The van der Waals surface area contributed by atoms with Gasteiger partial charge in [-0.1, -0.05) is 0 Å². The first-order valence-electron chi connectivity index (χ1n) is 15.1. The van der Waals surface area contributed by atoms with Crippen LogP contribution >= 0.6 is 11.6 Å². The van der Waals surface area contributed by atoms with Crippen molar-refractivity contribution in [3.63, 3.8) is 0 Å². The maximum atomic E-state index is 14.5. The second kappa shape index (κ2) is 12.9. The number of benzene rings is 2. The number of carbonyl (C=O) groups excluding carboxylic acids is 3.